The van der Waals surface area contributed by atoms with Gasteiger partial charge in [0.15, 0.2) is 0 Å². The Bertz CT molecular complexity index is 643. The number of hydrogen-bond donors (Lipinski definition) is 1. The van der Waals surface area contributed by atoms with E-state index in [0.29, 0.717) is 11.4 Å². The first-order chi connectivity index (χ1) is 9.91. The third kappa shape index (κ3) is 2.96. The molecular formula is C14H18N4O3. The van der Waals surface area contributed by atoms with Gasteiger partial charge in [0.25, 0.3) is 5.91 Å². The van der Waals surface area contributed by atoms with E-state index in [-0.39, 0.29) is 18.5 Å². The van der Waals surface area contributed by atoms with Crippen LogP contribution in [0.2, 0.25) is 0 Å². The topological polar surface area (TPSA) is 80.4 Å². The Labute approximate surface area is 122 Å². The maximum atomic E-state index is 12.6. The van der Waals surface area contributed by atoms with E-state index >= 15 is 0 Å². The second kappa shape index (κ2) is 5.82. The number of carboxylic acid groups (broad SMARTS) is 1. The molecule has 21 heavy (non-hydrogen) atoms. The number of carbonyl (C=O) groups excluding carboxylic acids is 1. The number of hydrogen-bond acceptors (Lipinski definition) is 3. The van der Waals surface area contributed by atoms with Gasteiger partial charge in [0.1, 0.15) is 17.9 Å². The van der Waals surface area contributed by atoms with Crippen molar-refractivity contribution in [3.8, 4) is 5.82 Å². The average Bonchev–Trinajstić information content (AvgIpc) is 3.03. The fourth-order valence-corrected chi connectivity index (χ4v) is 2.15. The monoisotopic (exact) mass is 290 g/mol. The molecule has 0 atom stereocenters. The summed E-state index contributed by atoms with van der Waals surface area (Å²) in [5, 5.41) is 13.1. The molecule has 1 N–H and O–H groups in total. The van der Waals surface area contributed by atoms with Crippen molar-refractivity contribution in [2.45, 2.75) is 19.9 Å². The van der Waals surface area contributed by atoms with Crippen LogP contribution in [0.3, 0.4) is 0 Å². The van der Waals surface area contributed by atoms with E-state index in [1.165, 1.54) is 11.1 Å². The molecule has 2 aromatic rings. The van der Waals surface area contributed by atoms with E-state index in [0.717, 1.165) is 0 Å². The molecule has 0 aromatic carbocycles. The van der Waals surface area contributed by atoms with E-state index in [9.17, 15) is 9.59 Å². The van der Waals surface area contributed by atoms with Gasteiger partial charge in [0, 0.05) is 25.5 Å². The SMILES string of the molecule is CC(C)N(CC(=O)O)C(=O)c1cnn(C)c1-n1cccc1. The largest absolute Gasteiger partial charge is 0.480 e. The van der Waals surface area contributed by atoms with Crippen molar-refractivity contribution in [3.05, 3.63) is 36.3 Å². The molecule has 0 unspecified atom stereocenters. The van der Waals surface area contributed by atoms with Gasteiger partial charge >= 0.3 is 5.97 Å². The van der Waals surface area contributed by atoms with E-state index in [4.69, 9.17) is 5.11 Å². The van der Waals surface area contributed by atoms with Crippen molar-refractivity contribution in [1.29, 1.82) is 0 Å². The van der Waals surface area contributed by atoms with Gasteiger partial charge in [-0.25, -0.2) is 0 Å². The van der Waals surface area contributed by atoms with E-state index in [2.05, 4.69) is 5.10 Å². The Hall–Kier alpha value is -2.57. The van der Waals surface area contributed by atoms with E-state index in [1.807, 2.05) is 24.5 Å². The molecule has 2 aromatic heterocycles. The molecule has 7 heteroatoms. The minimum Gasteiger partial charge on any atom is -0.480 e. The maximum Gasteiger partial charge on any atom is 0.323 e. The van der Waals surface area contributed by atoms with Crippen LogP contribution in [0.4, 0.5) is 0 Å². The molecule has 0 bridgehead atoms. The van der Waals surface area contributed by atoms with Gasteiger partial charge in [-0.15, -0.1) is 0 Å². The van der Waals surface area contributed by atoms with Crippen LogP contribution < -0.4 is 0 Å². The molecule has 0 aliphatic carbocycles. The number of nitrogens with zero attached hydrogens (tertiary/aromatic N) is 4. The van der Waals surface area contributed by atoms with Gasteiger partial charge in [0.2, 0.25) is 0 Å². The number of amides is 1. The predicted molar refractivity (Wildman–Crippen MR) is 76.3 cm³/mol. The van der Waals surface area contributed by atoms with Crippen LogP contribution in [0.25, 0.3) is 5.82 Å². The van der Waals surface area contributed by atoms with Gasteiger partial charge in [-0.05, 0) is 26.0 Å². The standard InChI is InChI=1S/C14H18N4O3/c1-10(2)18(9-12(19)20)14(21)11-8-15-16(3)13(11)17-6-4-5-7-17/h4-8,10H,9H2,1-3H3,(H,19,20). The second-order valence-corrected chi connectivity index (χ2v) is 5.02. The summed E-state index contributed by atoms with van der Waals surface area (Å²) in [6.07, 6.45) is 5.09. The second-order valence-electron chi connectivity index (χ2n) is 5.02. The van der Waals surface area contributed by atoms with E-state index in [1.54, 1.807) is 30.1 Å². The highest BCUT2D eigenvalue weighted by Gasteiger charge is 2.26. The minimum atomic E-state index is -1.04. The number of carboxylic acids is 1. The highest BCUT2D eigenvalue weighted by Crippen LogP contribution is 2.17. The van der Waals surface area contributed by atoms with E-state index < -0.39 is 5.97 Å². The van der Waals surface area contributed by atoms with Crippen LogP contribution >= 0.6 is 0 Å². The smallest absolute Gasteiger partial charge is 0.323 e. The van der Waals surface area contributed by atoms with Gasteiger partial charge in [-0.2, -0.15) is 5.10 Å². The van der Waals surface area contributed by atoms with Crippen molar-refractivity contribution < 1.29 is 14.7 Å². The summed E-state index contributed by atoms with van der Waals surface area (Å²) >= 11 is 0. The minimum absolute atomic E-state index is 0.216. The lowest BCUT2D eigenvalue weighted by molar-refractivity contribution is -0.138. The normalized spacial score (nSPS) is 10.9. The van der Waals surface area contributed by atoms with Gasteiger partial charge in [-0.3, -0.25) is 14.3 Å². The summed E-state index contributed by atoms with van der Waals surface area (Å²) in [5.74, 6) is -0.770. The lowest BCUT2D eigenvalue weighted by atomic mass is 10.2. The van der Waals surface area contributed by atoms with Gasteiger partial charge in [0.05, 0.1) is 6.20 Å². The zero-order valence-electron chi connectivity index (χ0n) is 12.2. The summed E-state index contributed by atoms with van der Waals surface area (Å²) < 4.78 is 3.37. The molecular weight excluding hydrogens is 272 g/mol. The zero-order valence-corrected chi connectivity index (χ0v) is 12.2. The molecule has 7 nitrogen and oxygen atoms in total. The van der Waals surface area contributed by atoms with Crippen LogP contribution in [-0.4, -0.2) is 48.8 Å². The molecule has 0 radical (unpaired) electrons. The van der Waals surface area contributed by atoms with Crippen molar-refractivity contribution in [2.24, 2.45) is 7.05 Å². The molecule has 0 saturated carbocycles. The maximum absolute atomic E-state index is 12.6. The third-order valence-electron chi connectivity index (χ3n) is 3.18. The average molecular weight is 290 g/mol. The predicted octanol–water partition coefficient (Wildman–Crippen LogP) is 1.15. The number of aryl methyl sites for hydroxylation is 1. The zero-order chi connectivity index (χ0) is 15.6. The molecule has 0 spiro atoms. The molecule has 0 aliphatic rings. The van der Waals surface area contributed by atoms with Crippen molar-refractivity contribution in [1.82, 2.24) is 19.2 Å². The fourth-order valence-electron chi connectivity index (χ4n) is 2.15. The third-order valence-corrected chi connectivity index (χ3v) is 3.18. The van der Waals surface area contributed by atoms with Crippen molar-refractivity contribution in [2.75, 3.05) is 6.54 Å². The van der Waals surface area contributed by atoms with Crippen LogP contribution in [0.1, 0.15) is 24.2 Å². The molecule has 2 rings (SSSR count). The fraction of sp³-hybridized carbons (Fsp3) is 0.357. The molecule has 0 aliphatic heterocycles. The molecule has 0 fully saturated rings. The molecule has 112 valence electrons. The summed E-state index contributed by atoms with van der Waals surface area (Å²) in [6, 6.07) is 3.48. The first kappa shape index (κ1) is 14.8. The van der Waals surface area contributed by atoms with Crippen LogP contribution in [0.5, 0.6) is 0 Å². The van der Waals surface area contributed by atoms with Gasteiger partial charge in [-0.1, -0.05) is 0 Å². The Morgan fingerprint density at radius 2 is 1.95 bits per heavy atom. The summed E-state index contributed by atoms with van der Waals surface area (Å²) in [5.41, 5.74) is 0.378. The van der Waals surface area contributed by atoms with Crippen LogP contribution in [0, 0.1) is 0 Å². The summed E-state index contributed by atoms with van der Waals surface area (Å²) in [4.78, 5) is 24.9. The number of aromatic nitrogens is 3. The Kier molecular flexibility index (Phi) is 4.11. The number of rotatable bonds is 5. The van der Waals surface area contributed by atoms with Crippen LogP contribution in [0.15, 0.2) is 30.7 Å². The molecule has 2 heterocycles. The lowest BCUT2D eigenvalue weighted by Gasteiger charge is -2.24. The summed E-state index contributed by atoms with van der Waals surface area (Å²) in [6.45, 7) is 3.23. The van der Waals surface area contributed by atoms with Gasteiger partial charge < -0.3 is 14.6 Å². The molecule has 1 amide bonds. The first-order valence-electron chi connectivity index (χ1n) is 6.60. The highest BCUT2D eigenvalue weighted by atomic mass is 16.4. The first-order valence-corrected chi connectivity index (χ1v) is 6.60. The van der Waals surface area contributed by atoms with Crippen LogP contribution in [-0.2, 0) is 11.8 Å². The highest BCUT2D eigenvalue weighted by molar-refractivity contribution is 5.98. The Morgan fingerprint density at radius 1 is 1.33 bits per heavy atom. The number of aliphatic carboxylic acids is 1. The number of carbonyl (C=O) groups is 2. The molecule has 0 saturated heterocycles. The quantitative estimate of drug-likeness (QED) is 0.895. The Morgan fingerprint density at radius 3 is 2.48 bits per heavy atom. The Balaban J connectivity index is 2.42. The summed E-state index contributed by atoms with van der Waals surface area (Å²) in [7, 11) is 1.74. The lowest BCUT2D eigenvalue weighted by Crippen LogP contribution is -2.41. The van der Waals surface area contributed by atoms with Crippen molar-refractivity contribution >= 4 is 11.9 Å². The van der Waals surface area contributed by atoms with Crippen molar-refractivity contribution in [3.63, 3.8) is 0 Å².